The molecule has 0 amide bonds. The molecule has 0 aliphatic carbocycles. The number of thiazole rings is 1. The molecule has 3 nitrogen and oxygen atoms in total. The molecule has 1 heterocycles. The van der Waals surface area contributed by atoms with Gasteiger partial charge in [0.25, 0.3) is 0 Å². The normalized spacial score (nSPS) is 12.0. The maximum atomic E-state index is 11.8. The number of rotatable bonds is 5. The van der Waals surface area contributed by atoms with Crippen molar-refractivity contribution < 1.29 is 5.11 Å². The predicted octanol–water partition coefficient (Wildman–Crippen LogP) is 3.64. The predicted molar refractivity (Wildman–Crippen MR) is 76.2 cm³/mol. The Morgan fingerprint density at radius 2 is 2.00 bits per heavy atom. The van der Waals surface area contributed by atoms with E-state index in [1.165, 1.54) is 27.3 Å². The Morgan fingerprint density at radius 1 is 1.35 bits per heavy atom. The topological polar surface area (TPSA) is 42.2 Å². The largest absolute Gasteiger partial charge is 0.493 e. The fourth-order valence-electron chi connectivity index (χ4n) is 1.44. The lowest BCUT2D eigenvalue weighted by Gasteiger charge is -2.17. The zero-order valence-corrected chi connectivity index (χ0v) is 12.6. The first-order valence-electron chi connectivity index (χ1n) is 5.98. The number of aromatic nitrogens is 1. The van der Waals surface area contributed by atoms with Crippen LogP contribution >= 0.6 is 23.3 Å². The molecule has 0 atom stereocenters. The number of hydrogen-bond acceptors (Lipinski definition) is 4. The minimum absolute atomic E-state index is 0.0751. The lowest BCUT2D eigenvalue weighted by molar-refractivity contribution is 0.442. The third-order valence-electron chi connectivity index (χ3n) is 2.19. The number of nitrogens with zero attached hydrogens (tertiary/aromatic N) is 1. The molecule has 0 aromatic carbocycles. The lowest BCUT2D eigenvalue weighted by atomic mass is 10.2. The zero-order valence-electron chi connectivity index (χ0n) is 10.9. The van der Waals surface area contributed by atoms with Crippen LogP contribution in [0.2, 0.25) is 0 Å². The van der Waals surface area contributed by atoms with Crippen LogP contribution in [0.15, 0.2) is 4.79 Å². The fraction of sp³-hybridized carbons (Fsp3) is 0.750. The second kappa shape index (κ2) is 5.96. The van der Waals surface area contributed by atoms with E-state index < -0.39 is 0 Å². The van der Waals surface area contributed by atoms with E-state index in [1.807, 2.05) is 20.8 Å². The van der Waals surface area contributed by atoms with E-state index in [1.54, 1.807) is 0 Å². The molecule has 17 heavy (non-hydrogen) atoms. The van der Waals surface area contributed by atoms with Crippen molar-refractivity contribution in [3.8, 4) is 5.88 Å². The highest BCUT2D eigenvalue weighted by atomic mass is 32.2. The standard InChI is InChI=1S/C12H21NO2S2/c1-5-6-7-8-9-10(14)13(11(15)16-9)17-12(2,3)4/h14H,5-8H2,1-4H3. The van der Waals surface area contributed by atoms with E-state index in [4.69, 9.17) is 0 Å². The van der Waals surface area contributed by atoms with Gasteiger partial charge in [0.15, 0.2) is 0 Å². The average Bonchev–Trinajstić information content (AvgIpc) is 2.45. The molecule has 0 bridgehead atoms. The summed E-state index contributed by atoms with van der Waals surface area (Å²) in [5, 5.41) is 10.0. The molecule has 0 aliphatic heterocycles. The van der Waals surface area contributed by atoms with Crippen LogP contribution in [0.3, 0.4) is 0 Å². The first-order chi connectivity index (χ1) is 7.85. The van der Waals surface area contributed by atoms with Crippen LogP contribution in [0.1, 0.15) is 51.8 Å². The van der Waals surface area contributed by atoms with E-state index >= 15 is 0 Å². The number of unbranched alkanes of at least 4 members (excludes halogenated alkanes) is 2. The van der Waals surface area contributed by atoms with Crippen LogP contribution in [-0.4, -0.2) is 13.8 Å². The molecule has 0 fully saturated rings. The summed E-state index contributed by atoms with van der Waals surface area (Å²) in [6, 6.07) is 0. The van der Waals surface area contributed by atoms with Gasteiger partial charge in [-0.1, -0.05) is 31.1 Å². The summed E-state index contributed by atoms with van der Waals surface area (Å²) in [6.45, 7) is 8.22. The summed E-state index contributed by atoms with van der Waals surface area (Å²) in [7, 11) is 0. The monoisotopic (exact) mass is 275 g/mol. The fourth-order valence-corrected chi connectivity index (χ4v) is 3.35. The molecule has 5 heteroatoms. The third-order valence-corrected chi connectivity index (χ3v) is 4.37. The quantitative estimate of drug-likeness (QED) is 0.834. The van der Waals surface area contributed by atoms with Crippen molar-refractivity contribution in [2.75, 3.05) is 0 Å². The molecule has 1 aromatic heterocycles. The molecule has 98 valence electrons. The van der Waals surface area contributed by atoms with Crippen LogP contribution in [0.5, 0.6) is 5.88 Å². The summed E-state index contributed by atoms with van der Waals surface area (Å²) in [5.74, 6) is 0.149. The minimum atomic E-state index is -0.0803. The van der Waals surface area contributed by atoms with E-state index in [9.17, 15) is 9.90 Å². The van der Waals surface area contributed by atoms with Crippen molar-refractivity contribution in [2.45, 2.75) is 58.1 Å². The van der Waals surface area contributed by atoms with E-state index in [2.05, 4.69) is 6.92 Å². The molecule has 0 saturated heterocycles. The highest BCUT2D eigenvalue weighted by molar-refractivity contribution is 7.99. The van der Waals surface area contributed by atoms with Gasteiger partial charge in [-0.15, -0.1) is 0 Å². The van der Waals surface area contributed by atoms with Crippen molar-refractivity contribution in [2.24, 2.45) is 0 Å². The average molecular weight is 275 g/mol. The lowest BCUT2D eigenvalue weighted by Crippen LogP contribution is -2.16. The Morgan fingerprint density at radius 3 is 2.53 bits per heavy atom. The molecule has 0 unspecified atom stereocenters. The zero-order chi connectivity index (χ0) is 13.1. The van der Waals surface area contributed by atoms with Gasteiger partial charge < -0.3 is 5.11 Å². The summed E-state index contributed by atoms with van der Waals surface area (Å²) in [4.78, 5) is 12.5. The maximum Gasteiger partial charge on any atom is 0.320 e. The number of aromatic hydroxyl groups is 1. The molecular formula is C12H21NO2S2. The summed E-state index contributed by atoms with van der Waals surface area (Å²) >= 11 is 2.55. The first-order valence-corrected chi connectivity index (χ1v) is 7.57. The second-order valence-electron chi connectivity index (χ2n) is 5.07. The molecule has 0 aliphatic rings. The number of hydrogen-bond donors (Lipinski definition) is 1. The summed E-state index contributed by atoms with van der Waals surface area (Å²) in [5.41, 5.74) is 0. The Balaban J connectivity index is 2.83. The Kier molecular flexibility index (Phi) is 5.13. The molecule has 0 spiro atoms. The van der Waals surface area contributed by atoms with Gasteiger partial charge in [-0.25, -0.2) is 3.97 Å². The van der Waals surface area contributed by atoms with Crippen LogP contribution in [-0.2, 0) is 6.42 Å². The molecule has 1 aromatic rings. The molecular weight excluding hydrogens is 254 g/mol. The molecule has 1 rings (SSSR count). The summed E-state index contributed by atoms with van der Waals surface area (Å²) < 4.78 is 1.34. The Bertz CT molecular complexity index is 415. The highest BCUT2D eigenvalue weighted by Gasteiger charge is 2.20. The number of aryl methyl sites for hydroxylation is 1. The second-order valence-corrected chi connectivity index (χ2v) is 7.89. The van der Waals surface area contributed by atoms with Crippen molar-refractivity contribution in [3.63, 3.8) is 0 Å². The highest BCUT2D eigenvalue weighted by Crippen LogP contribution is 2.32. The molecule has 0 saturated carbocycles. The van der Waals surface area contributed by atoms with Gasteiger partial charge in [0.2, 0.25) is 5.88 Å². The van der Waals surface area contributed by atoms with Gasteiger partial charge in [0.1, 0.15) is 0 Å². The van der Waals surface area contributed by atoms with Crippen LogP contribution in [0, 0.1) is 0 Å². The van der Waals surface area contributed by atoms with E-state index in [0.29, 0.717) is 0 Å². The van der Waals surface area contributed by atoms with Crippen molar-refractivity contribution in [3.05, 3.63) is 14.5 Å². The van der Waals surface area contributed by atoms with Gasteiger partial charge >= 0.3 is 4.87 Å². The van der Waals surface area contributed by atoms with Gasteiger partial charge in [-0.3, -0.25) is 4.79 Å². The minimum Gasteiger partial charge on any atom is -0.493 e. The van der Waals surface area contributed by atoms with Crippen LogP contribution in [0.25, 0.3) is 0 Å². The van der Waals surface area contributed by atoms with E-state index in [-0.39, 0.29) is 15.5 Å². The maximum absolute atomic E-state index is 11.8. The van der Waals surface area contributed by atoms with Gasteiger partial charge in [-0.2, -0.15) is 0 Å². The molecule has 0 radical (unpaired) electrons. The molecule has 1 N–H and O–H groups in total. The van der Waals surface area contributed by atoms with Gasteiger partial charge in [0.05, 0.1) is 4.88 Å². The van der Waals surface area contributed by atoms with Crippen LogP contribution < -0.4 is 4.87 Å². The van der Waals surface area contributed by atoms with Crippen LogP contribution in [0.4, 0.5) is 0 Å². The van der Waals surface area contributed by atoms with Crippen molar-refractivity contribution in [1.82, 2.24) is 3.97 Å². The first kappa shape index (κ1) is 14.6. The van der Waals surface area contributed by atoms with Crippen molar-refractivity contribution >= 4 is 23.3 Å². The Hall–Kier alpha value is -0.420. The van der Waals surface area contributed by atoms with E-state index in [0.717, 1.165) is 30.6 Å². The summed E-state index contributed by atoms with van der Waals surface area (Å²) in [6.07, 6.45) is 4.12. The SMILES string of the molecule is CCCCCc1sc(=O)n(SC(C)(C)C)c1O. The van der Waals surface area contributed by atoms with Gasteiger partial charge in [-0.05, 0) is 45.6 Å². The smallest absolute Gasteiger partial charge is 0.320 e. The Labute approximate surface area is 111 Å². The third kappa shape index (κ3) is 4.39. The van der Waals surface area contributed by atoms with Gasteiger partial charge in [0, 0.05) is 4.75 Å². The van der Waals surface area contributed by atoms with Crippen molar-refractivity contribution in [1.29, 1.82) is 0 Å².